The normalized spacial score (nSPS) is 20.4. The zero-order chi connectivity index (χ0) is 21.8. The lowest BCUT2D eigenvalue weighted by atomic mass is 9.78. The average molecular weight is 432 g/mol. The molecule has 0 bridgehead atoms. The van der Waals surface area contributed by atoms with E-state index in [4.69, 9.17) is 9.47 Å². The smallest absolute Gasteiger partial charge is 0.253 e. The maximum Gasteiger partial charge on any atom is 0.253 e. The highest BCUT2D eigenvalue weighted by Gasteiger charge is 2.41. The van der Waals surface area contributed by atoms with Gasteiger partial charge in [-0.1, -0.05) is 6.07 Å². The van der Waals surface area contributed by atoms with Crippen molar-refractivity contribution >= 4 is 16.8 Å². The molecule has 3 aromatic rings. The first kappa shape index (κ1) is 20.9. The summed E-state index contributed by atoms with van der Waals surface area (Å²) in [4.78, 5) is 23.5. The Hall–Kier alpha value is -2.99. The van der Waals surface area contributed by atoms with Crippen molar-refractivity contribution in [3.8, 4) is 5.75 Å². The van der Waals surface area contributed by atoms with Crippen LogP contribution in [0.4, 0.5) is 0 Å². The molecule has 6 heteroatoms. The number of carbonyl (C=O) groups excluding carboxylic acids is 1. The molecule has 166 valence electrons. The highest BCUT2D eigenvalue weighted by molar-refractivity contribution is 5.98. The molecule has 1 aromatic carbocycles. The van der Waals surface area contributed by atoms with E-state index in [0.29, 0.717) is 12.5 Å². The Morgan fingerprint density at radius 2 is 2.03 bits per heavy atom. The summed E-state index contributed by atoms with van der Waals surface area (Å²) >= 11 is 0. The first-order valence-electron chi connectivity index (χ1n) is 11.5. The van der Waals surface area contributed by atoms with Crippen LogP contribution in [-0.4, -0.2) is 52.7 Å². The molecule has 0 saturated carbocycles. The summed E-state index contributed by atoms with van der Waals surface area (Å²) in [5.41, 5.74) is 1.55. The van der Waals surface area contributed by atoms with Crippen LogP contribution in [0.5, 0.6) is 5.75 Å². The first-order chi connectivity index (χ1) is 15.7. The van der Waals surface area contributed by atoms with Crippen LogP contribution in [0.1, 0.15) is 42.5 Å². The lowest BCUT2D eigenvalue weighted by Crippen LogP contribution is -2.50. The van der Waals surface area contributed by atoms with E-state index < -0.39 is 0 Å². The number of likely N-dealkylation sites (tertiary alicyclic amines) is 1. The SMILES string of the molecule is O=C(c1ccc2ncccc2c1)N1CCC2(CC1)CC(CCOc1cccnc1)CCO2. The Morgan fingerprint density at radius 1 is 1.16 bits per heavy atom. The molecule has 0 N–H and O–H groups in total. The van der Waals surface area contributed by atoms with E-state index in [9.17, 15) is 4.79 Å². The molecule has 2 aromatic heterocycles. The number of hydrogen-bond acceptors (Lipinski definition) is 5. The second-order valence-corrected chi connectivity index (χ2v) is 8.92. The maximum absolute atomic E-state index is 13.1. The molecule has 4 heterocycles. The van der Waals surface area contributed by atoms with Gasteiger partial charge < -0.3 is 14.4 Å². The molecule has 0 radical (unpaired) electrons. The number of carbonyl (C=O) groups is 1. The summed E-state index contributed by atoms with van der Waals surface area (Å²) in [6.07, 6.45) is 10.2. The Labute approximate surface area is 188 Å². The summed E-state index contributed by atoms with van der Waals surface area (Å²) in [6.45, 7) is 2.97. The fourth-order valence-corrected chi connectivity index (χ4v) is 5.01. The van der Waals surface area contributed by atoms with Gasteiger partial charge in [0.15, 0.2) is 0 Å². The van der Waals surface area contributed by atoms with E-state index in [1.54, 1.807) is 18.6 Å². The van der Waals surface area contributed by atoms with Gasteiger partial charge in [-0.15, -0.1) is 0 Å². The minimum atomic E-state index is -0.0959. The van der Waals surface area contributed by atoms with Crippen LogP contribution >= 0.6 is 0 Å². The number of piperidine rings is 1. The van der Waals surface area contributed by atoms with Gasteiger partial charge in [-0.25, -0.2) is 0 Å². The molecule has 1 unspecified atom stereocenters. The molecule has 0 aliphatic carbocycles. The molecule has 32 heavy (non-hydrogen) atoms. The van der Waals surface area contributed by atoms with Crippen molar-refractivity contribution in [3.05, 3.63) is 66.6 Å². The van der Waals surface area contributed by atoms with Crippen molar-refractivity contribution in [1.29, 1.82) is 0 Å². The molecule has 1 atom stereocenters. The third-order valence-electron chi connectivity index (χ3n) is 6.84. The predicted molar refractivity (Wildman–Crippen MR) is 123 cm³/mol. The minimum absolute atomic E-state index is 0.0959. The third-order valence-corrected chi connectivity index (χ3v) is 6.84. The lowest BCUT2D eigenvalue weighted by Gasteiger charge is -2.46. The van der Waals surface area contributed by atoms with E-state index in [0.717, 1.165) is 74.0 Å². The van der Waals surface area contributed by atoms with Gasteiger partial charge in [0.05, 0.1) is 23.9 Å². The van der Waals surface area contributed by atoms with E-state index in [1.165, 1.54) is 0 Å². The summed E-state index contributed by atoms with van der Waals surface area (Å²) in [7, 11) is 0. The van der Waals surface area contributed by atoms with Crippen LogP contribution in [0.3, 0.4) is 0 Å². The van der Waals surface area contributed by atoms with Gasteiger partial charge in [0.25, 0.3) is 5.91 Å². The fourth-order valence-electron chi connectivity index (χ4n) is 5.01. The number of fused-ring (bicyclic) bond motifs is 1. The van der Waals surface area contributed by atoms with Crippen LogP contribution in [0.15, 0.2) is 61.1 Å². The van der Waals surface area contributed by atoms with Gasteiger partial charge in [-0.2, -0.15) is 0 Å². The van der Waals surface area contributed by atoms with Crippen molar-refractivity contribution in [2.45, 2.75) is 37.7 Å². The summed E-state index contributed by atoms with van der Waals surface area (Å²) < 4.78 is 12.1. The van der Waals surface area contributed by atoms with Gasteiger partial charge in [0.1, 0.15) is 5.75 Å². The Kier molecular flexibility index (Phi) is 6.04. The molecule has 2 aliphatic rings. The number of amides is 1. The molecule has 2 aliphatic heterocycles. The Balaban J connectivity index is 1.15. The number of hydrogen-bond donors (Lipinski definition) is 0. The van der Waals surface area contributed by atoms with Crippen molar-refractivity contribution in [2.24, 2.45) is 5.92 Å². The maximum atomic E-state index is 13.1. The second-order valence-electron chi connectivity index (χ2n) is 8.92. The highest BCUT2D eigenvalue weighted by Crippen LogP contribution is 2.39. The first-order valence-corrected chi connectivity index (χ1v) is 11.5. The number of aromatic nitrogens is 2. The molecule has 6 nitrogen and oxygen atoms in total. The second kappa shape index (κ2) is 9.25. The van der Waals surface area contributed by atoms with Gasteiger partial charge in [0, 0.05) is 43.0 Å². The number of pyridine rings is 2. The van der Waals surface area contributed by atoms with Gasteiger partial charge in [-0.05, 0) is 74.4 Å². The van der Waals surface area contributed by atoms with Crippen LogP contribution in [0.2, 0.25) is 0 Å². The standard InChI is InChI=1S/C26H29N3O3/c30-25(22-5-6-24-21(17-22)3-1-12-28-24)29-13-9-26(10-14-29)18-20(8-16-32-26)7-15-31-23-4-2-11-27-19-23/h1-6,11-12,17,19-20H,7-10,13-16,18H2. The minimum Gasteiger partial charge on any atom is -0.492 e. The van der Waals surface area contributed by atoms with Crippen molar-refractivity contribution in [2.75, 3.05) is 26.3 Å². The zero-order valence-electron chi connectivity index (χ0n) is 18.3. The zero-order valence-corrected chi connectivity index (χ0v) is 18.3. The van der Waals surface area contributed by atoms with E-state index in [-0.39, 0.29) is 11.5 Å². The number of nitrogens with zero attached hydrogens (tertiary/aromatic N) is 3. The van der Waals surface area contributed by atoms with Crippen LogP contribution in [0.25, 0.3) is 10.9 Å². The highest BCUT2D eigenvalue weighted by atomic mass is 16.5. The Morgan fingerprint density at radius 3 is 2.88 bits per heavy atom. The summed E-state index contributed by atoms with van der Waals surface area (Å²) in [5, 5.41) is 0.999. The van der Waals surface area contributed by atoms with E-state index in [1.807, 2.05) is 47.4 Å². The predicted octanol–water partition coefficient (Wildman–Crippen LogP) is 4.50. The fraction of sp³-hybridized carbons (Fsp3) is 0.423. The molecule has 2 fully saturated rings. The van der Waals surface area contributed by atoms with Gasteiger partial charge >= 0.3 is 0 Å². The van der Waals surface area contributed by atoms with Crippen molar-refractivity contribution in [1.82, 2.24) is 14.9 Å². The molecule has 1 amide bonds. The van der Waals surface area contributed by atoms with Crippen LogP contribution < -0.4 is 4.74 Å². The molecule has 2 saturated heterocycles. The number of benzene rings is 1. The topological polar surface area (TPSA) is 64.6 Å². The lowest BCUT2D eigenvalue weighted by molar-refractivity contribution is -0.125. The molecular weight excluding hydrogens is 402 g/mol. The van der Waals surface area contributed by atoms with Crippen molar-refractivity contribution < 1.29 is 14.3 Å². The van der Waals surface area contributed by atoms with E-state index >= 15 is 0 Å². The molecule has 5 rings (SSSR count). The summed E-state index contributed by atoms with van der Waals surface area (Å²) in [6, 6.07) is 13.5. The molecule has 1 spiro atoms. The average Bonchev–Trinajstić information content (AvgIpc) is 2.85. The van der Waals surface area contributed by atoms with Crippen molar-refractivity contribution in [3.63, 3.8) is 0 Å². The van der Waals surface area contributed by atoms with Gasteiger partial charge in [0.2, 0.25) is 0 Å². The Bertz CT molecular complexity index is 1060. The largest absolute Gasteiger partial charge is 0.492 e. The van der Waals surface area contributed by atoms with E-state index in [2.05, 4.69) is 9.97 Å². The number of rotatable bonds is 5. The molecular formula is C26H29N3O3. The summed E-state index contributed by atoms with van der Waals surface area (Å²) in [5.74, 6) is 1.52. The quantitative estimate of drug-likeness (QED) is 0.595. The monoisotopic (exact) mass is 431 g/mol. The van der Waals surface area contributed by atoms with Crippen LogP contribution in [0, 0.1) is 5.92 Å². The van der Waals surface area contributed by atoms with Crippen LogP contribution in [-0.2, 0) is 4.74 Å². The third kappa shape index (κ3) is 4.60. The van der Waals surface area contributed by atoms with Gasteiger partial charge in [-0.3, -0.25) is 14.8 Å². The number of ether oxygens (including phenoxy) is 2.